The molecule has 1 N–H and O–H groups in total. The lowest BCUT2D eigenvalue weighted by Crippen LogP contribution is -2.13. The van der Waals surface area contributed by atoms with Crippen molar-refractivity contribution in [1.29, 1.82) is 0 Å². The van der Waals surface area contributed by atoms with Crippen molar-refractivity contribution in [2.75, 3.05) is 11.8 Å². The van der Waals surface area contributed by atoms with Crippen molar-refractivity contribution in [3.05, 3.63) is 71.5 Å². The van der Waals surface area contributed by atoms with Crippen molar-refractivity contribution in [2.24, 2.45) is 0 Å². The molecule has 0 bridgehead atoms. The Morgan fingerprint density at radius 3 is 2.26 bits per heavy atom. The van der Waals surface area contributed by atoms with E-state index < -0.39 is 16.0 Å². The number of rotatable bonds is 5. The van der Waals surface area contributed by atoms with Crippen LogP contribution in [-0.4, -0.2) is 21.5 Å². The predicted molar refractivity (Wildman–Crippen MR) is 121 cm³/mol. The van der Waals surface area contributed by atoms with Gasteiger partial charge in [0.1, 0.15) is 16.9 Å². The molecule has 1 heterocycles. The Labute approximate surface area is 180 Å². The van der Waals surface area contributed by atoms with Crippen LogP contribution in [0, 0.1) is 6.92 Å². The number of esters is 1. The minimum absolute atomic E-state index is 0.164. The van der Waals surface area contributed by atoms with Gasteiger partial charge in [0.25, 0.3) is 10.0 Å². The quantitative estimate of drug-likeness (QED) is 0.411. The highest BCUT2D eigenvalue weighted by Crippen LogP contribution is 2.37. The van der Waals surface area contributed by atoms with Gasteiger partial charge in [-0.05, 0) is 36.6 Å². The third-order valence-electron chi connectivity index (χ3n) is 5.36. The van der Waals surface area contributed by atoms with Crippen molar-refractivity contribution in [3.8, 4) is 0 Å². The van der Waals surface area contributed by atoms with E-state index in [9.17, 15) is 13.2 Å². The van der Waals surface area contributed by atoms with Crippen LogP contribution in [0.4, 0.5) is 5.69 Å². The van der Waals surface area contributed by atoms with Gasteiger partial charge in [0.05, 0.1) is 17.7 Å². The van der Waals surface area contributed by atoms with Crippen LogP contribution in [0.5, 0.6) is 0 Å². The molecule has 1 aromatic heterocycles. The van der Waals surface area contributed by atoms with E-state index >= 15 is 0 Å². The maximum atomic E-state index is 13.1. The molecule has 0 unspecified atom stereocenters. The first-order valence-electron chi connectivity index (χ1n) is 9.89. The largest absolute Gasteiger partial charge is 0.465 e. The number of benzene rings is 3. The normalized spacial score (nSPS) is 11.9. The Morgan fingerprint density at radius 1 is 1.00 bits per heavy atom. The zero-order valence-electron chi connectivity index (χ0n) is 17.7. The molecule has 0 saturated carbocycles. The zero-order valence-corrected chi connectivity index (χ0v) is 18.5. The average Bonchev–Trinajstić information content (AvgIpc) is 3.09. The lowest BCUT2D eigenvalue weighted by Gasteiger charge is -2.13. The van der Waals surface area contributed by atoms with E-state index in [1.54, 1.807) is 25.1 Å². The van der Waals surface area contributed by atoms with Crippen LogP contribution < -0.4 is 4.72 Å². The van der Waals surface area contributed by atoms with Crippen LogP contribution >= 0.6 is 0 Å². The Morgan fingerprint density at radius 2 is 1.65 bits per heavy atom. The summed E-state index contributed by atoms with van der Waals surface area (Å²) >= 11 is 0. The van der Waals surface area contributed by atoms with Gasteiger partial charge in [-0.1, -0.05) is 50.2 Å². The van der Waals surface area contributed by atoms with E-state index in [0.717, 1.165) is 5.56 Å². The maximum Gasteiger partial charge on any atom is 0.342 e. The van der Waals surface area contributed by atoms with E-state index in [0.29, 0.717) is 39.1 Å². The summed E-state index contributed by atoms with van der Waals surface area (Å²) in [7, 11) is -2.55. The van der Waals surface area contributed by atoms with Crippen molar-refractivity contribution in [3.63, 3.8) is 0 Å². The molecular formula is C24H23NO5S. The minimum atomic E-state index is -3.84. The summed E-state index contributed by atoms with van der Waals surface area (Å²) in [5, 5.41) is 1.87. The average molecular weight is 438 g/mol. The molecule has 31 heavy (non-hydrogen) atoms. The summed E-state index contributed by atoms with van der Waals surface area (Å²) in [6, 6.07) is 15.7. The van der Waals surface area contributed by atoms with E-state index in [4.69, 9.17) is 9.15 Å². The fraction of sp³-hybridized carbons (Fsp3) is 0.208. The van der Waals surface area contributed by atoms with Gasteiger partial charge in [0, 0.05) is 16.2 Å². The van der Waals surface area contributed by atoms with Gasteiger partial charge in [0.15, 0.2) is 0 Å². The van der Waals surface area contributed by atoms with Crippen LogP contribution in [-0.2, 0) is 14.8 Å². The monoisotopic (exact) mass is 437 g/mol. The first-order chi connectivity index (χ1) is 14.7. The van der Waals surface area contributed by atoms with Crippen molar-refractivity contribution < 1.29 is 22.4 Å². The molecule has 160 valence electrons. The first-order valence-corrected chi connectivity index (χ1v) is 11.4. The molecule has 0 saturated heterocycles. The molecule has 0 amide bonds. The molecule has 7 heteroatoms. The van der Waals surface area contributed by atoms with E-state index in [-0.39, 0.29) is 10.5 Å². The number of aryl methyl sites for hydroxylation is 1. The molecule has 0 atom stereocenters. The van der Waals surface area contributed by atoms with Crippen LogP contribution in [0.3, 0.4) is 0 Å². The second-order valence-corrected chi connectivity index (χ2v) is 9.38. The third kappa shape index (κ3) is 3.65. The molecule has 0 aliphatic heterocycles. The summed E-state index contributed by atoms with van der Waals surface area (Å²) in [4.78, 5) is 12.5. The molecule has 6 nitrogen and oxygen atoms in total. The predicted octanol–water partition coefficient (Wildman–Crippen LogP) is 5.61. The van der Waals surface area contributed by atoms with Gasteiger partial charge in [-0.25, -0.2) is 13.2 Å². The van der Waals surface area contributed by atoms with E-state index in [1.807, 2.05) is 36.4 Å². The number of anilines is 1. The van der Waals surface area contributed by atoms with Gasteiger partial charge in [-0.15, -0.1) is 0 Å². The standard InChI is InChI=1S/C24H23NO5S/c1-14(2)16-9-11-17(12-10-16)31(27,28)25-21-13-20-22(24(26)29-4)15(3)30-23(20)19-8-6-5-7-18(19)21/h5-14,25H,1-4H3. The molecule has 4 rings (SSSR count). The molecular weight excluding hydrogens is 414 g/mol. The number of carbonyl (C=O) groups excluding carboxylic acids is 1. The minimum Gasteiger partial charge on any atom is -0.465 e. The lowest BCUT2D eigenvalue weighted by molar-refractivity contribution is 0.0600. The topological polar surface area (TPSA) is 85.6 Å². The molecule has 0 aliphatic carbocycles. The van der Waals surface area contributed by atoms with Crippen molar-refractivity contribution >= 4 is 43.4 Å². The number of hydrogen-bond donors (Lipinski definition) is 1. The Balaban J connectivity index is 1.89. The molecule has 3 aromatic carbocycles. The fourth-order valence-electron chi connectivity index (χ4n) is 3.71. The van der Waals surface area contributed by atoms with Gasteiger partial charge in [-0.2, -0.15) is 0 Å². The van der Waals surface area contributed by atoms with Crippen LogP contribution in [0.1, 0.15) is 41.4 Å². The fourth-order valence-corrected chi connectivity index (χ4v) is 4.78. The highest BCUT2D eigenvalue weighted by atomic mass is 32.2. The Bertz CT molecular complexity index is 1400. The highest BCUT2D eigenvalue weighted by Gasteiger charge is 2.23. The Kier molecular flexibility index (Phi) is 5.23. The van der Waals surface area contributed by atoms with Crippen molar-refractivity contribution in [2.45, 2.75) is 31.6 Å². The summed E-state index contributed by atoms with van der Waals surface area (Å²) in [6.45, 7) is 5.78. The number of methoxy groups -OCH3 is 1. The maximum absolute atomic E-state index is 13.1. The Hall–Kier alpha value is -3.32. The molecule has 0 aliphatic rings. The van der Waals surface area contributed by atoms with E-state index in [2.05, 4.69) is 18.6 Å². The van der Waals surface area contributed by atoms with Crippen molar-refractivity contribution in [1.82, 2.24) is 0 Å². The number of hydrogen-bond acceptors (Lipinski definition) is 5. The zero-order chi connectivity index (χ0) is 22.3. The summed E-state index contributed by atoms with van der Waals surface area (Å²) in [5.41, 5.74) is 2.21. The number of nitrogens with one attached hydrogen (secondary N) is 1. The van der Waals surface area contributed by atoms with E-state index in [1.165, 1.54) is 7.11 Å². The summed E-state index contributed by atoms with van der Waals surface area (Å²) in [6.07, 6.45) is 0. The SMILES string of the molecule is COC(=O)c1c(C)oc2c1cc(NS(=O)(=O)c1ccc(C(C)C)cc1)c1ccccc12. The molecule has 0 radical (unpaired) electrons. The smallest absolute Gasteiger partial charge is 0.342 e. The number of fused-ring (bicyclic) bond motifs is 3. The number of ether oxygens (including phenoxy) is 1. The second-order valence-electron chi connectivity index (χ2n) is 7.70. The first kappa shape index (κ1) is 20.9. The van der Waals surface area contributed by atoms with Gasteiger partial charge < -0.3 is 9.15 Å². The summed E-state index contributed by atoms with van der Waals surface area (Å²) in [5.74, 6) is 0.179. The number of carbonyl (C=O) groups is 1. The van der Waals surface area contributed by atoms with Crippen LogP contribution in [0.15, 0.2) is 63.9 Å². The number of sulfonamides is 1. The summed E-state index contributed by atoms with van der Waals surface area (Å²) < 4.78 is 39.7. The second kappa shape index (κ2) is 7.74. The highest BCUT2D eigenvalue weighted by molar-refractivity contribution is 7.92. The molecule has 4 aromatic rings. The van der Waals surface area contributed by atoms with Gasteiger partial charge in [-0.3, -0.25) is 4.72 Å². The number of furan rings is 1. The van der Waals surface area contributed by atoms with Gasteiger partial charge >= 0.3 is 5.97 Å². The third-order valence-corrected chi connectivity index (χ3v) is 6.74. The van der Waals surface area contributed by atoms with Gasteiger partial charge in [0.2, 0.25) is 0 Å². The molecule has 0 spiro atoms. The van der Waals surface area contributed by atoms with Crippen LogP contribution in [0.25, 0.3) is 21.7 Å². The lowest BCUT2D eigenvalue weighted by atomic mass is 10.0. The molecule has 0 fully saturated rings. The van der Waals surface area contributed by atoms with Crippen LogP contribution in [0.2, 0.25) is 0 Å².